The van der Waals surface area contributed by atoms with Crippen molar-refractivity contribution in [2.45, 2.75) is 47.5 Å². The number of oxime groups is 1. The third-order valence-corrected chi connectivity index (χ3v) is 7.97. The van der Waals surface area contributed by atoms with Crippen molar-refractivity contribution in [2.24, 2.45) is 5.16 Å². The van der Waals surface area contributed by atoms with Gasteiger partial charge in [0.05, 0.1) is 0 Å². The van der Waals surface area contributed by atoms with Gasteiger partial charge in [-0.3, -0.25) is 4.28 Å². The lowest BCUT2D eigenvalue weighted by molar-refractivity contribution is -0.382. The van der Waals surface area contributed by atoms with Crippen molar-refractivity contribution in [2.75, 3.05) is 0 Å². The third kappa shape index (κ3) is 4.95. The van der Waals surface area contributed by atoms with Gasteiger partial charge in [0.25, 0.3) is 0 Å². The maximum absolute atomic E-state index is 15.1. The first-order chi connectivity index (χ1) is 21.1. The van der Waals surface area contributed by atoms with E-state index in [1.165, 1.54) is 36.4 Å². The summed E-state index contributed by atoms with van der Waals surface area (Å²) in [5, 5.41) is -5.33. The van der Waals surface area contributed by atoms with Crippen LogP contribution in [-0.4, -0.2) is 61.6 Å². The summed E-state index contributed by atoms with van der Waals surface area (Å²) in [5.41, 5.74) is -4.75. The van der Waals surface area contributed by atoms with Crippen molar-refractivity contribution in [3.63, 3.8) is 0 Å². The van der Waals surface area contributed by atoms with Crippen LogP contribution >= 0.6 is 0 Å². The molecule has 4 rings (SSSR count). The Balaban J connectivity index is 1.94. The molecule has 3 aromatic carbocycles. The fraction of sp³-hybridized carbons (Fsp3) is 0.320. The lowest BCUT2D eigenvalue weighted by atomic mass is 9.92. The molecule has 1 aliphatic rings. The molecule has 0 unspecified atom stereocenters. The van der Waals surface area contributed by atoms with E-state index in [0.29, 0.717) is 22.4 Å². The van der Waals surface area contributed by atoms with E-state index in [0.717, 1.165) is 6.07 Å². The van der Waals surface area contributed by atoms with Crippen LogP contribution in [0.3, 0.4) is 0 Å². The van der Waals surface area contributed by atoms with Crippen molar-refractivity contribution >= 4 is 26.6 Å². The topological polar surface area (TPSA) is 55.7 Å². The van der Waals surface area contributed by atoms with Gasteiger partial charge in [-0.1, -0.05) is 53.7 Å². The molecule has 0 spiro atoms. The minimum absolute atomic E-state index is 0.0713. The van der Waals surface area contributed by atoms with Crippen LogP contribution in [0.4, 0.5) is 74.6 Å². The summed E-state index contributed by atoms with van der Waals surface area (Å²) >= 11 is 0. The molecule has 0 fully saturated rings. The zero-order valence-electron chi connectivity index (χ0n) is 21.8. The number of fused-ring (bicyclic) bond motifs is 3. The maximum atomic E-state index is 15.1. The summed E-state index contributed by atoms with van der Waals surface area (Å²) in [4.78, 5) is 0. The number of benzene rings is 3. The monoisotopic (exact) mass is 727 g/mol. The molecule has 0 aliphatic heterocycles. The predicted octanol–water partition coefficient (Wildman–Crippen LogP) is 9.13. The maximum Gasteiger partial charge on any atom is 0.460 e. The van der Waals surface area contributed by atoms with Crippen molar-refractivity contribution in [1.82, 2.24) is 0 Å². The highest BCUT2D eigenvalue weighted by molar-refractivity contribution is 7.87. The summed E-state index contributed by atoms with van der Waals surface area (Å²) in [6.45, 7) is 0. The molecule has 258 valence electrons. The van der Waals surface area contributed by atoms with Gasteiger partial charge in [-0.2, -0.15) is 74.3 Å². The van der Waals surface area contributed by atoms with Crippen molar-refractivity contribution in [3.05, 3.63) is 60.2 Å². The highest BCUT2D eigenvalue weighted by atomic mass is 32.2. The Morgan fingerprint density at radius 3 is 1.64 bits per heavy atom. The molecule has 0 atom stereocenters. The van der Waals surface area contributed by atoms with E-state index >= 15 is 8.78 Å². The first-order valence-electron chi connectivity index (χ1n) is 11.9. The fourth-order valence-corrected chi connectivity index (χ4v) is 5.08. The van der Waals surface area contributed by atoms with Gasteiger partial charge in [0.1, 0.15) is 0 Å². The van der Waals surface area contributed by atoms with Gasteiger partial charge in [0.2, 0.25) is 0 Å². The van der Waals surface area contributed by atoms with Crippen molar-refractivity contribution < 1.29 is 87.3 Å². The van der Waals surface area contributed by atoms with Crippen LogP contribution in [0, 0.1) is 0 Å². The zero-order valence-corrected chi connectivity index (χ0v) is 22.6. The summed E-state index contributed by atoms with van der Waals surface area (Å²) in [6, 6.07) is 9.96. The molecule has 0 saturated heterocycles. The van der Waals surface area contributed by atoms with Gasteiger partial charge in [0, 0.05) is 5.56 Å². The van der Waals surface area contributed by atoms with Gasteiger partial charge in [-0.05, 0) is 39.1 Å². The van der Waals surface area contributed by atoms with Crippen LogP contribution in [0.5, 0.6) is 0 Å². The molecular weight excluding hydrogens is 717 g/mol. The summed E-state index contributed by atoms with van der Waals surface area (Å²) in [6.07, 6.45) is -13.2. The van der Waals surface area contributed by atoms with Gasteiger partial charge in [0.15, 0.2) is 5.71 Å². The summed E-state index contributed by atoms with van der Waals surface area (Å²) in [5.74, 6) is -37.2. The normalized spacial score (nSPS) is 15.4. The van der Waals surface area contributed by atoms with E-state index < -0.39 is 68.9 Å². The molecule has 3 aromatic rings. The largest absolute Gasteiger partial charge is 0.460 e. The molecule has 22 heteroatoms. The second kappa shape index (κ2) is 10.6. The predicted molar refractivity (Wildman–Crippen MR) is 127 cm³/mol. The standard InChI is InChI=1S/C25H10F17NO3S/c26-18(27)20(30,31)21(32,33)19(28,29)17(43-46-47(44,45)25(41,42)23(36,37)22(34,35)24(38,39)40)11-7-8-12-13-5-1-3-10-4-2-6-14(16(10)13)15(12)9-11/h1-9,18H/b43-17+. The Hall–Kier alpha value is -3.85. The van der Waals surface area contributed by atoms with Crippen LogP contribution < -0.4 is 0 Å². The second-order valence-electron chi connectivity index (χ2n) is 9.67. The molecule has 4 nitrogen and oxygen atoms in total. The highest BCUT2D eigenvalue weighted by Gasteiger charge is 2.86. The van der Waals surface area contributed by atoms with E-state index in [2.05, 4.69) is 4.28 Å². The van der Waals surface area contributed by atoms with Crippen LogP contribution in [0.15, 0.2) is 59.8 Å². The van der Waals surface area contributed by atoms with E-state index in [-0.39, 0.29) is 22.8 Å². The van der Waals surface area contributed by atoms with E-state index in [1.54, 1.807) is 5.16 Å². The fourth-order valence-electron chi connectivity index (χ4n) is 4.38. The first-order valence-corrected chi connectivity index (χ1v) is 13.3. The second-order valence-corrected chi connectivity index (χ2v) is 11.2. The van der Waals surface area contributed by atoms with E-state index in [4.69, 9.17) is 0 Å². The highest BCUT2D eigenvalue weighted by Crippen LogP contribution is 2.56. The molecule has 0 N–H and O–H groups in total. The third-order valence-electron chi connectivity index (χ3n) is 6.82. The number of halogens is 17. The minimum Gasteiger partial charge on any atom is -0.263 e. The molecule has 0 amide bonds. The molecule has 0 heterocycles. The van der Waals surface area contributed by atoms with Crippen LogP contribution in [-0.2, 0) is 14.4 Å². The molecule has 0 saturated carbocycles. The number of alkyl halides is 17. The number of hydrogen-bond acceptors (Lipinski definition) is 4. The van der Waals surface area contributed by atoms with Gasteiger partial charge < -0.3 is 0 Å². The molecular formula is C25H10F17NO3S. The Morgan fingerprint density at radius 2 is 1.15 bits per heavy atom. The van der Waals surface area contributed by atoms with Crippen molar-refractivity contribution in [3.8, 4) is 22.3 Å². The van der Waals surface area contributed by atoms with Crippen molar-refractivity contribution in [1.29, 1.82) is 0 Å². The number of nitrogens with zero attached hydrogens (tertiary/aromatic N) is 1. The smallest absolute Gasteiger partial charge is 0.263 e. The number of hydrogen-bond donors (Lipinski definition) is 0. The quantitative estimate of drug-likeness (QED) is 0.0931. The van der Waals surface area contributed by atoms with Gasteiger partial charge in [-0.15, -0.1) is 0 Å². The molecule has 0 aromatic heterocycles. The Kier molecular flexibility index (Phi) is 8.10. The van der Waals surface area contributed by atoms with Gasteiger partial charge >= 0.3 is 57.6 Å². The summed E-state index contributed by atoms with van der Waals surface area (Å²) in [7, 11) is -8.17. The minimum atomic E-state index is -8.17. The summed E-state index contributed by atoms with van der Waals surface area (Å²) < 4.78 is 258. The lowest BCUT2D eigenvalue weighted by Gasteiger charge is -2.33. The Labute approximate surface area is 249 Å². The molecule has 0 bridgehead atoms. The molecule has 1 aliphatic carbocycles. The molecule has 47 heavy (non-hydrogen) atoms. The number of rotatable bonds is 10. The lowest BCUT2D eigenvalue weighted by Crippen LogP contribution is -2.63. The van der Waals surface area contributed by atoms with E-state index in [9.17, 15) is 74.3 Å². The van der Waals surface area contributed by atoms with Crippen LogP contribution in [0.25, 0.3) is 33.0 Å². The first kappa shape index (κ1) is 36.0. The van der Waals surface area contributed by atoms with E-state index in [1.807, 2.05) is 0 Å². The Bertz CT molecular complexity index is 1860. The SMILES string of the molecule is O=S(=O)(O/N=C(\c1ccc2c(c1)-c1cccc3cccc-2c13)C(F)(F)C(F)(F)C(F)(F)C(F)F)C(F)(F)C(F)(F)C(F)(F)C(F)(F)F. The average molecular weight is 727 g/mol. The average Bonchev–Trinajstić information content (AvgIpc) is 3.26. The zero-order chi connectivity index (χ0) is 36.0. The van der Waals surface area contributed by atoms with Gasteiger partial charge in [-0.25, -0.2) is 8.78 Å². The van der Waals surface area contributed by atoms with Crippen LogP contribution in [0.2, 0.25) is 0 Å². The Morgan fingerprint density at radius 1 is 0.638 bits per heavy atom. The molecule has 0 radical (unpaired) electrons. The van der Waals surface area contributed by atoms with Crippen LogP contribution in [0.1, 0.15) is 5.56 Å².